The number of hydrogen-bond acceptors (Lipinski definition) is 5. The molecule has 1 saturated heterocycles. The zero-order chi connectivity index (χ0) is 22.0. The lowest BCUT2D eigenvalue weighted by molar-refractivity contribution is 0.262. The van der Waals surface area contributed by atoms with Gasteiger partial charge in [0.15, 0.2) is 0 Å². The number of nitrogens with zero attached hydrogens (tertiary/aromatic N) is 2. The van der Waals surface area contributed by atoms with Crippen molar-refractivity contribution in [1.82, 2.24) is 9.88 Å². The summed E-state index contributed by atoms with van der Waals surface area (Å²) in [5.74, 6) is 2.03. The van der Waals surface area contributed by atoms with Gasteiger partial charge in [0.25, 0.3) is 0 Å². The van der Waals surface area contributed by atoms with E-state index < -0.39 is 0 Å². The number of rotatable bonds is 9. The average Bonchev–Trinajstić information content (AvgIpc) is 3.39. The van der Waals surface area contributed by atoms with Crippen molar-refractivity contribution in [3.63, 3.8) is 0 Å². The summed E-state index contributed by atoms with van der Waals surface area (Å²) in [7, 11) is 0. The largest absolute Gasteiger partial charge is 0.493 e. The van der Waals surface area contributed by atoms with Crippen LogP contribution in [-0.4, -0.2) is 48.2 Å². The number of aryl methyl sites for hydroxylation is 1. The van der Waals surface area contributed by atoms with Gasteiger partial charge in [-0.25, -0.2) is 4.98 Å². The van der Waals surface area contributed by atoms with E-state index >= 15 is 0 Å². The first-order valence-electron chi connectivity index (χ1n) is 12.3. The smallest absolute Gasteiger partial charge is 0.130 e. The number of likely N-dealkylation sites (tertiary alicyclic amines) is 1. The minimum Gasteiger partial charge on any atom is -0.493 e. The fraction of sp³-hybridized carbons (Fsp3) is 0.654. The third kappa shape index (κ3) is 4.92. The van der Waals surface area contributed by atoms with Gasteiger partial charge in [0, 0.05) is 35.6 Å². The number of pyridine rings is 1. The van der Waals surface area contributed by atoms with Crippen LogP contribution in [0.25, 0.3) is 10.9 Å². The van der Waals surface area contributed by atoms with Gasteiger partial charge in [-0.2, -0.15) is 0 Å². The van der Waals surface area contributed by atoms with Crippen LogP contribution < -0.4 is 15.4 Å². The summed E-state index contributed by atoms with van der Waals surface area (Å²) in [6.07, 6.45) is 7.21. The molecule has 1 aromatic carbocycles. The molecule has 1 aliphatic heterocycles. The second-order valence-corrected chi connectivity index (χ2v) is 9.89. The van der Waals surface area contributed by atoms with Crippen LogP contribution in [0.4, 0.5) is 11.5 Å². The third-order valence-corrected chi connectivity index (χ3v) is 6.49. The van der Waals surface area contributed by atoms with Gasteiger partial charge in [-0.1, -0.05) is 0 Å². The van der Waals surface area contributed by atoms with E-state index in [1.165, 1.54) is 60.1 Å². The molecule has 170 valence electrons. The fourth-order valence-corrected chi connectivity index (χ4v) is 5.09. The van der Waals surface area contributed by atoms with Gasteiger partial charge in [0.1, 0.15) is 11.6 Å². The Balaban J connectivity index is 1.67. The first-order chi connectivity index (χ1) is 14.9. The van der Waals surface area contributed by atoms with Crippen molar-refractivity contribution in [2.75, 3.05) is 36.9 Å². The SMILES string of the molecule is Cc1c(OCCCN2CCCC2)cc2nc(NC(C)C)c3c(c2c1NC(C)C)CCC3. The number of anilines is 2. The van der Waals surface area contributed by atoms with Crippen molar-refractivity contribution in [3.8, 4) is 5.75 Å². The maximum Gasteiger partial charge on any atom is 0.130 e. The Morgan fingerprint density at radius 3 is 2.42 bits per heavy atom. The minimum atomic E-state index is 0.359. The van der Waals surface area contributed by atoms with Crippen LogP contribution in [0.1, 0.15) is 70.1 Å². The standard InChI is InChI=1S/C26H40N4O/c1-17(2)27-25-19(5)23(31-15-9-14-30-12-6-7-13-30)16-22-24(25)20-10-8-11-21(20)26(29-22)28-18(3)4/h16-18,27H,6-15H2,1-5H3,(H,28,29). The Kier molecular flexibility index (Phi) is 6.90. The molecule has 5 nitrogen and oxygen atoms in total. The molecule has 1 aromatic heterocycles. The van der Waals surface area contributed by atoms with E-state index in [0.717, 1.165) is 49.5 Å². The number of nitrogens with one attached hydrogen (secondary N) is 2. The molecule has 1 fully saturated rings. The molecule has 2 N–H and O–H groups in total. The van der Waals surface area contributed by atoms with Crippen molar-refractivity contribution in [3.05, 3.63) is 22.8 Å². The summed E-state index contributed by atoms with van der Waals surface area (Å²) in [5, 5.41) is 8.63. The zero-order valence-corrected chi connectivity index (χ0v) is 20.1. The van der Waals surface area contributed by atoms with Crippen molar-refractivity contribution < 1.29 is 4.74 Å². The Hall–Kier alpha value is -2.01. The quantitative estimate of drug-likeness (QED) is 0.518. The van der Waals surface area contributed by atoms with E-state index in [2.05, 4.69) is 56.2 Å². The molecule has 0 bridgehead atoms. The predicted molar refractivity (Wildman–Crippen MR) is 132 cm³/mol. The van der Waals surface area contributed by atoms with Gasteiger partial charge in [-0.15, -0.1) is 0 Å². The molecule has 0 radical (unpaired) electrons. The Morgan fingerprint density at radius 1 is 1.00 bits per heavy atom. The minimum absolute atomic E-state index is 0.359. The molecule has 4 rings (SSSR count). The summed E-state index contributed by atoms with van der Waals surface area (Å²) in [5.41, 5.74) is 6.35. The number of fused-ring (bicyclic) bond motifs is 3. The number of ether oxygens (including phenoxy) is 1. The summed E-state index contributed by atoms with van der Waals surface area (Å²) in [6.45, 7) is 15.4. The number of benzene rings is 1. The Bertz CT molecular complexity index is 916. The van der Waals surface area contributed by atoms with Crippen LogP contribution in [0.3, 0.4) is 0 Å². The summed E-state index contributed by atoms with van der Waals surface area (Å²) in [4.78, 5) is 7.66. The number of hydrogen-bond donors (Lipinski definition) is 2. The molecule has 5 heteroatoms. The van der Waals surface area contributed by atoms with Gasteiger partial charge in [-0.05, 0) is 97.4 Å². The van der Waals surface area contributed by atoms with Crippen LogP contribution in [0.2, 0.25) is 0 Å². The van der Waals surface area contributed by atoms with Crippen LogP contribution in [-0.2, 0) is 12.8 Å². The molecule has 0 spiro atoms. The lowest BCUT2D eigenvalue weighted by atomic mass is 9.99. The maximum atomic E-state index is 6.34. The molecule has 0 atom stereocenters. The highest BCUT2D eigenvalue weighted by molar-refractivity contribution is 6.00. The monoisotopic (exact) mass is 424 g/mol. The van der Waals surface area contributed by atoms with Gasteiger partial charge < -0.3 is 20.3 Å². The molecular weight excluding hydrogens is 384 g/mol. The van der Waals surface area contributed by atoms with Gasteiger partial charge in [0.05, 0.1) is 17.8 Å². The van der Waals surface area contributed by atoms with Crippen LogP contribution in [0.5, 0.6) is 5.75 Å². The summed E-state index contributed by atoms with van der Waals surface area (Å²) >= 11 is 0. The lowest BCUT2D eigenvalue weighted by Gasteiger charge is -2.23. The molecule has 2 aliphatic rings. The second kappa shape index (κ2) is 9.64. The molecule has 1 aliphatic carbocycles. The first-order valence-corrected chi connectivity index (χ1v) is 12.3. The van der Waals surface area contributed by atoms with E-state index in [-0.39, 0.29) is 0 Å². The van der Waals surface area contributed by atoms with Crippen LogP contribution in [0.15, 0.2) is 6.07 Å². The molecule has 2 aromatic rings. The lowest BCUT2D eigenvalue weighted by Crippen LogP contribution is -2.22. The highest BCUT2D eigenvalue weighted by Crippen LogP contribution is 2.42. The van der Waals surface area contributed by atoms with E-state index in [0.29, 0.717) is 12.1 Å². The average molecular weight is 425 g/mol. The highest BCUT2D eigenvalue weighted by Gasteiger charge is 2.24. The molecular formula is C26H40N4O. The van der Waals surface area contributed by atoms with Crippen molar-refractivity contribution in [2.24, 2.45) is 0 Å². The fourth-order valence-electron chi connectivity index (χ4n) is 5.09. The maximum absolute atomic E-state index is 6.34. The van der Waals surface area contributed by atoms with Crippen molar-refractivity contribution >= 4 is 22.4 Å². The molecule has 0 saturated carbocycles. The zero-order valence-electron chi connectivity index (χ0n) is 20.1. The van der Waals surface area contributed by atoms with Gasteiger partial charge >= 0.3 is 0 Å². The van der Waals surface area contributed by atoms with Gasteiger partial charge in [-0.3, -0.25) is 0 Å². The van der Waals surface area contributed by atoms with Crippen LogP contribution >= 0.6 is 0 Å². The predicted octanol–water partition coefficient (Wildman–Crippen LogP) is 5.54. The van der Waals surface area contributed by atoms with Crippen molar-refractivity contribution in [1.29, 1.82) is 0 Å². The van der Waals surface area contributed by atoms with Crippen LogP contribution in [0, 0.1) is 6.92 Å². The number of aromatic nitrogens is 1. The molecule has 0 unspecified atom stereocenters. The van der Waals surface area contributed by atoms with E-state index in [1.807, 2.05) is 0 Å². The molecule has 2 heterocycles. The highest BCUT2D eigenvalue weighted by atomic mass is 16.5. The summed E-state index contributed by atoms with van der Waals surface area (Å²) < 4.78 is 6.34. The summed E-state index contributed by atoms with van der Waals surface area (Å²) in [6, 6.07) is 2.91. The van der Waals surface area contributed by atoms with Gasteiger partial charge in [0.2, 0.25) is 0 Å². The first kappa shape index (κ1) is 22.2. The normalized spacial score (nSPS) is 16.5. The molecule has 0 amide bonds. The molecule has 31 heavy (non-hydrogen) atoms. The van der Waals surface area contributed by atoms with E-state index in [9.17, 15) is 0 Å². The van der Waals surface area contributed by atoms with E-state index in [4.69, 9.17) is 9.72 Å². The third-order valence-electron chi connectivity index (χ3n) is 6.49. The second-order valence-electron chi connectivity index (χ2n) is 9.89. The topological polar surface area (TPSA) is 49.4 Å². The van der Waals surface area contributed by atoms with E-state index in [1.54, 1.807) is 0 Å². The Morgan fingerprint density at radius 2 is 1.71 bits per heavy atom. The Labute approximate surface area is 187 Å². The van der Waals surface area contributed by atoms with Crippen molar-refractivity contribution in [2.45, 2.75) is 85.2 Å².